The van der Waals surface area contributed by atoms with E-state index in [-0.39, 0.29) is 0 Å². The standard InChI is InChI=1S/C23H34N6/c1-24-23(29-13-10-21(18-29)22-15-26-27(2)16-22)25-14-19-8-4-5-9-20(19)17-28-11-6-3-7-12-28/h4-5,8-9,15-16,21H,3,6-7,10-14,17-18H2,1-2H3,(H,24,25). The van der Waals surface area contributed by atoms with Gasteiger partial charge in [0.05, 0.1) is 6.20 Å². The number of hydrogen-bond donors (Lipinski definition) is 1. The molecule has 0 spiro atoms. The largest absolute Gasteiger partial charge is 0.352 e. The van der Waals surface area contributed by atoms with Crippen molar-refractivity contribution in [2.75, 3.05) is 33.2 Å². The lowest BCUT2D eigenvalue weighted by Crippen LogP contribution is -2.39. The lowest BCUT2D eigenvalue weighted by atomic mass is 10.0. The Morgan fingerprint density at radius 3 is 2.66 bits per heavy atom. The number of nitrogens with zero attached hydrogens (tertiary/aromatic N) is 5. The molecule has 1 aromatic heterocycles. The maximum absolute atomic E-state index is 4.56. The van der Waals surface area contributed by atoms with Crippen LogP contribution in [0.5, 0.6) is 0 Å². The molecule has 2 fully saturated rings. The fraction of sp³-hybridized carbons (Fsp3) is 0.565. The Bertz CT molecular complexity index is 820. The number of hydrogen-bond acceptors (Lipinski definition) is 3. The first kappa shape index (κ1) is 20.0. The summed E-state index contributed by atoms with van der Waals surface area (Å²) in [7, 11) is 3.87. The summed E-state index contributed by atoms with van der Waals surface area (Å²) in [5, 5.41) is 7.95. The highest BCUT2D eigenvalue weighted by Crippen LogP contribution is 2.26. The average Bonchev–Trinajstić information content (AvgIpc) is 3.40. The van der Waals surface area contributed by atoms with Crippen LogP contribution in [0.4, 0.5) is 0 Å². The third-order valence-corrected chi connectivity index (χ3v) is 6.29. The molecule has 2 saturated heterocycles. The van der Waals surface area contributed by atoms with E-state index in [1.165, 1.54) is 49.0 Å². The quantitative estimate of drug-likeness (QED) is 0.626. The van der Waals surface area contributed by atoms with Gasteiger partial charge < -0.3 is 10.2 Å². The highest BCUT2D eigenvalue weighted by molar-refractivity contribution is 5.80. The first-order valence-corrected chi connectivity index (χ1v) is 11.0. The van der Waals surface area contributed by atoms with Gasteiger partial charge in [-0.25, -0.2) is 0 Å². The molecule has 2 aliphatic rings. The summed E-state index contributed by atoms with van der Waals surface area (Å²) < 4.78 is 1.89. The second-order valence-electron chi connectivity index (χ2n) is 8.39. The van der Waals surface area contributed by atoms with Gasteiger partial charge in [0, 0.05) is 52.4 Å². The van der Waals surface area contributed by atoms with Crippen molar-refractivity contribution >= 4 is 5.96 Å². The highest BCUT2D eigenvalue weighted by atomic mass is 15.3. The second-order valence-corrected chi connectivity index (χ2v) is 8.39. The van der Waals surface area contributed by atoms with Crippen molar-refractivity contribution in [1.29, 1.82) is 0 Å². The minimum Gasteiger partial charge on any atom is -0.352 e. The zero-order chi connectivity index (χ0) is 20.1. The van der Waals surface area contributed by atoms with Crippen molar-refractivity contribution in [2.24, 2.45) is 12.0 Å². The molecule has 1 atom stereocenters. The molecule has 0 aliphatic carbocycles. The van der Waals surface area contributed by atoms with Crippen LogP contribution in [0.3, 0.4) is 0 Å². The maximum Gasteiger partial charge on any atom is 0.193 e. The molecule has 1 aromatic carbocycles. The predicted molar refractivity (Wildman–Crippen MR) is 118 cm³/mol. The lowest BCUT2D eigenvalue weighted by molar-refractivity contribution is 0.220. The first-order chi connectivity index (χ1) is 14.2. The predicted octanol–water partition coefficient (Wildman–Crippen LogP) is 2.97. The van der Waals surface area contributed by atoms with Gasteiger partial charge in [-0.15, -0.1) is 0 Å². The number of piperidine rings is 1. The molecule has 0 radical (unpaired) electrons. The molecule has 2 aromatic rings. The summed E-state index contributed by atoms with van der Waals surface area (Å²) in [5.41, 5.74) is 4.14. The molecular weight excluding hydrogens is 360 g/mol. The minimum absolute atomic E-state index is 0.536. The molecule has 29 heavy (non-hydrogen) atoms. The second kappa shape index (κ2) is 9.44. The van der Waals surface area contributed by atoms with E-state index in [1.54, 1.807) is 0 Å². The van der Waals surface area contributed by atoms with Crippen molar-refractivity contribution in [1.82, 2.24) is 24.9 Å². The van der Waals surface area contributed by atoms with Crippen LogP contribution in [0.25, 0.3) is 0 Å². The third kappa shape index (κ3) is 4.99. The van der Waals surface area contributed by atoms with Crippen LogP contribution in [-0.4, -0.2) is 58.8 Å². The van der Waals surface area contributed by atoms with Gasteiger partial charge in [0.2, 0.25) is 0 Å². The average molecular weight is 395 g/mol. The van der Waals surface area contributed by atoms with Gasteiger partial charge in [-0.1, -0.05) is 30.7 Å². The molecule has 0 saturated carbocycles. The summed E-state index contributed by atoms with van der Waals surface area (Å²) in [4.78, 5) is 9.54. The molecule has 0 amide bonds. The van der Waals surface area contributed by atoms with E-state index in [4.69, 9.17) is 0 Å². The Hall–Kier alpha value is -2.34. The van der Waals surface area contributed by atoms with E-state index in [0.29, 0.717) is 5.92 Å². The van der Waals surface area contributed by atoms with Crippen molar-refractivity contribution in [3.8, 4) is 0 Å². The Morgan fingerprint density at radius 2 is 1.93 bits per heavy atom. The van der Waals surface area contributed by atoms with E-state index in [1.807, 2.05) is 25.0 Å². The molecule has 2 aliphatic heterocycles. The zero-order valence-electron chi connectivity index (χ0n) is 17.8. The van der Waals surface area contributed by atoms with E-state index >= 15 is 0 Å². The number of benzene rings is 1. The van der Waals surface area contributed by atoms with Crippen LogP contribution in [-0.2, 0) is 20.1 Å². The van der Waals surface area contributed by atoms with Gasteiger partial charge >= 0.3 is 0 Å². The number of nitrogens with one attached hydrogen (secondary N) is 1. The van der Waals surface area contributed by atoms with Crippen LogP contribution in [0, 0.1) is 0 Å². The molecule has 1 unspecified atom stereocenters. The number of rotatable bonds is 5. The Labute approximate surface area is 174 Å². The van der Waals surface area contributed by atoms with Crippen LogP contribution >= 0.6 is 0 Å². The van der Waals surface area contributed by atoms with Crippen LogP contribution in [0.2, 0.25) is 0 Å². The Morgan fingerprint density at radius 1 is 1.14 bits per heavy atom. The molecule has 156 valence electrons. The van der Waals surface area contributed by atoms with Crippen molar-refractivity contribution in [3.05, 3.63) is 53.3 Å². The van der Waals surface area contributed by atoms with Crippen LogP contribution < -0.4 is 5.32 Å². The van der Waals surface area contributed by atoms with Crippen molar-refractivity contribution in [2.45, 2.75) is 44.7 Å². The van der Waals surface area contributed by atoms with Gasteiger partial charge in [-0.3, -0.25) is 14.6 Å². The van der Waals surface area contributed by atoms with Gasteiger partial charge in [0.25, 0.3) is 0 Å². The molecule has 6 nitrogen and oxygen atoms in total. The monoisotopic (exact) mass is 394 g/mol. The summed E-state index contributed by atoms with van der Waals surface area (Å²) in [6.07, 6.45) is 9.34. The van der Waals surface area contributed by atoms with Crippen molar-refractivity contribution in [3.63, 3.8) is 0 Å². The number of guanidine groups is 1. The van der Waals surface area contributed by atoms with Gasteiger partial charge in [0.1, 0.15) is 0 Å². The molecule has 0 bridgehead atoms. The minimum atomic E-state index is 0.536. The smallest absolute Gasteiger partial charge is 0.193 e. The normalized spacial score (nSPS) is 21.0. The van der Waals surface area contributed by atoms with Gasteiger partial charge in [-0.05, 0) is 49.0 Å². The number of aliphatic imine (C=N–C) groups is 1. The van der Waals surface area contributed by atoms with E-state index in [9.17, 15) is 0 Å². The van der Waals surface area contributed by atoms with E-state index < -0.39 is 0 Å². The fourth-order valence-corrected chi connectivity index (χ4v) is 4.62. The lowest BCUT2D eigenvalue weighted by Gasteiger charge is -2.27. The molecule has 4 rings (SSSR count). The number of aromatic nitrogens is 2. The molecule has 1 N–H and O–H groups in total. The fourth-order valence-electron chi connectivity index (χ4n) is 4.62. The summed E-state index contributed by atoms with van der Waals surface area (Å²) in [6.45, 7) is 6.38. The van der Waals surface area contributed by atoms with Crippen LogP contribution in [0.15, 0.2) is 41.7 Å². The van der Waals surface area contributed by atoms with Crippen molar-refractivity contribution < 1.29 is 0 Å². The summed E-state index contributed by atoms with van der Waals surface area (Å²) >= 11 is 0. The number of aryl methyl sites for hydroxylation is 1. The highest BCUT2D eigenvalue weighted by Gasteiger charge is 2.27. The topological polar surface area (TPSA) is 48.7 Å². The summed E-state index contributed by atoms with van der Waals surface area (Å²) in [6, 6.07) is 8.84. The van der Waals surface area contributed by atoms with Gasteiger partial charge in [0.15, 0.2) is 5.96 Å². The van der Waals surface area contributed by atoms with Gasteiger partial charge in [-0.2, -0.15) is 5.10 Å². The Kier molecular flexibility index (Phi) is 6.49. The molecule has 6 heteroatoms. The molecule has 3 heterocycles. The number of likely N-dealkylation sites (tertiary alicyclic amines) is 2. The zero-order valence-corrected chi connectivity index (χ0v) is 17.8. The Balaban J connectivity index is 1.35. The van der Waals surface area contributed by atoms with E-state index in [0.717, 1.165) is 38.6 Å². The molecular formula is C23H34N6. The SMILES string of the molecule is CN=C(NCc1ccccc1CN1CCCCC1)N1CCC(c2cnn(C)c2)C1. The van der Waals surface area contributed by atoms with E-state index in [2.05, 4.69) is 55.7 Å². The van der Waals surface area contributed by atoms with Crippen LogP contribution in [0.1, 0.15) is 48.3 Å². The summed E-state index contributed by atoms with van der Waals surface area (Å²) in [5.74, 6) is 1.54. The third-order valence-electron chi connectivity index (χ3n) is 6.29. The maximum atomic E-state index is 4.56. The first-order valence-electron chi connectivity index (χ1n) is 11.0.